The zero-order valence-electron chi connectivity index (χ0n) is 52.9. The van der Waals surface area contributed by atoms with Crippen LogP contribution in [0.1, 0.15) is 101 Å². The molecule has 0 fully saturated rings. The lowest BCUT2D eigenvalue weighted by Crippen LogP contribution is -2.31. The molecule has 10 atom stereocenters. The van der Waals surface area contributed by atoms with Crippen LogP contribution in [0.15, 0.2) is 45.3 Å². The highest BCUT2D eigenvalue weighted by atomic mass is 31.0. The number of methoxy groups -OCH3 is 4. The molecule has 4 aliphatic heterocycles. The number of nitrogens with zero attached hydrogens (tertiary/aromatic N) is 12. The summed E-state index contributed by atoms with van der Waals surface area (Å²) in [7, 11) is 8.46. The van der Waals surface area contributed by atoms with Gasteiger partial charge in [-0.15, -0.1) is 0 Å². The minimum Gasteiger partial charge on any atom is -0.466 e. The first-order valence-corrected chi connectivity index (χ1v) is 29.6. The van der Waals surface area contributed by atoms with Gasteiger partial charge in [0, 0.05) is 125 Å². The highest BCUT2D eigenvalue weighted by Gasteiger charge is 2.30. The summed E-state index contributed by atoms with van der Waals surface area (Å²) in [5.41, 5.74) is 24.1. The van der Waals surface area contributed by atoms with E-state index in [-0.39, 0.29) is 111 Å². The second-order valence-electron chi connectivity index (χ2n) is 21.3. The number of aromatic nitrogens is 8. The maximum atomic E-state index is 11.7. The Balaban J connectivity index is 0.000000226. The van der Waals surface area contributed by atoms with Crippen LogP contribution in [0.3, 0.4) is 0 Å². The number of aliphatic hydroxyl groups is 6. The molecule has 4 aromatic rings. The van der Waals surface area contributed by atoms with Crippen molar-refractivity contribution in [3.05, 3.63) is 48.1 Å². The monoisotopic (exact) mass is 1340 g/mol. The van der Waals surface area contributed by atoms with Gasteiger partial charge < -0.3 is 131 Å². The number of aliphatic imine (C=N–C) groups is 4. The van der Waals surface area contributed by atoms with Crippen LogP contribution in [0.25, 0.3) is 0 Å². The number of guanidine groups is 4. The third-order valence-corrected chi connectivity index (χ3v) is 14.6. The molecule has 0 bridgehead atoms. The molecule has 518 valence electrons. The Hall–Kier alpha value is -8.21. The zero-order chi connectivity index (χ0) is 68.5. The number of carbonyl (C=O) groups excluding carboxylic acids is 4. The molecule has 4 aliphatic rings. The Labute approximate surface area is 537 Å². The van der Waals surface area contributed by atoms with Crippen molar-refractivity contribution in [1.29, 1.82) is 0 Å². The Morgan fingerprint density at radius 1 is 0.516 bits per heavy atom. The fourth-order valence-electron chi connectivity index (χ4n) is 9.33. The van der Waals surface area contributed by atoms with Gasteiger partial charge in [-0.3, -0.25) is 24.3 Å². The molecule has 19 N–H and O–H groups in total. The summed E-state index contributed by atoms with van der Waals surface area (Å²) in [4.78, 5) is 76.6. The average Bonchev–Trinajstić information content (AvgIpc) is 1.72. The maximum absolute atomic E-state index is 11.7. The summed E-state index contributed by atoms with van der Waals surface area (Å²) < 4.78 is 48.3. The maximum Gasteiger partial charge on any atom is 0.323 e. The van der Waals surface area contributed by atoms with E-state index in [1.54, 1.807) is 78.9 Å². The van der Waals surface area contributed by atoms with E-state index >= 15 is 0 Å². The van der Waals surface area contributed by atoms with Gasteiger partial charge in [0.1, 0.15) is 52.1 Å². The summed E-state index contributed by atoms with van der Waals surface area (Å²) in [5, 5.41) is 72.2. The van der Waals surface area contributed by atoms with Crippen LogP contribution in [0, 0.1) is 23.7 Å². The standard InChI is InChI=1S/C15H25N6O5P.C14H23N5O5.C12H21N5O4.C12H19N5O4/c1-8(20-27)14(24)25-4-3-10(6-26-9(2)22)5-21-7-17-11-12(21)18-15(16)19-13(11)23;1-8(20)24-6-9(4-10(22-2)23-3)5-19-7-16-11-12(19)17-14(15)18-13(11)21;1-20-8(21-2)3-7(5-18)4-17-6-14-9-10(17)15-12(13)16-11(9)19;1-7(19)21-5-8(2-3-18)4-17-6-14-9-10(17)15-12(13)16-11(9)20/h7-8,10,13,20,23H,3-6,27H2,1-2H3,(H3,16,18,19);7,9-10,13,21H,4-6H2,1-3H3,(H3,15,17,18);6-8,11,18-19H,3-5H2,1-2H3,(H3,13,15,16);6,8,11,18,20H,2-5H2,1H3,(H3,13,15,16)/t8-,10+,13?;9-,13?;7-,11?;8-,11?/m0111/s1. The average molecular weight is 1340 g/mol. The van der Waals surface area contributed by atoms with Gasteiger partial charge in [0.25, 0.3) is 0 Å². The topological polar surface area (TPSA) is 548 Å². The molecule has 8 rings (SSSR count). The van der Waals surface area contributed by atoms with Gasteiger partial charge in [0.2, 0.25) is 0 Å². The lowest BCUT2D eigenvalue weighted by atomic mass is 10.1. The smallest absolute Gasteiger partial charge is 0.323 e. The molecule has 39 nitrogen and oxygen atoms in total. The summed E-state index contributed by atoms with van der Waals surface area (Å²) >= 11 is 0. The van der Waals surface area contributed by atoms with Crippen molar-refractivity contribution in [1.82, 2.24) is 43.3 Å². The lowest BCUT2D eigenvalue weighted by molar-refractivity contribution is -0.147. The third-order valence-electron chi connectivity index (χ3n) is 14.1. The van der Waals surface area contributed by atoms with E-state index in [2.05, 4.69) is 75.7 Å². The predicted octanol–water partition coefficient (Wildman–Crippen LogP) is -2.29. The van der Waals surface area contributed by atoms with Gasteiger partial charge in [-0.05, 0) is 19.8 Å². The fraction of sp³-hybridized carbons (Fsp3) is 0.623. The van der Waals surface area contributed by atoms with Crippen LogP contribution in [-0.2, 0) is 83.3 Å². The predicted molar refractivity (Wildman–Crippen MR) is 335 cm³/mol. The van der Waals surface area contributed by atoms with Crippen molar-refractivity contribution < 1.29 is 87.7 Å². The molecule has 0 aromatic carbocycles. The van der Waals surface area contributed by atoms with Gasteiger partial charge in [-0.1, -0.05) is 9.39 Å². The molecular weight excluding hydrogens is 1250 g/mol. The second-order valence-corrected chi connectivity index (χ2v) is 21.6. The first-order chi connectivity index (χ1) is 44.3. The molecule has 0 spiro atoms. The van der Waals surface area contributed by atoms with Gasteiger partial charge >= 0.3 is 23.9 Å². The SMILES string of the molecule is CC(=O)OC[C@H](CCO)Cn1cnc2c1NC(N)=NC2O.CC(=O)OC[C@H](CCOC(=O)[C@H](C)NP)Cn1cnc2c1NC(N)=NC2O.COC(C[C@@H](CO)Cn1cnc2c1NC(N)=NC2O)OC.COC(C[C@@H](COC(C)=O)Cn1cnc2c1NC(N)=NC2O)OC. The number of fused-ring (bicyclic) bond motifs is 4. The molecule has 8 heterocycles. The van der Waals surface area contributed by atoms with Gasteiger partial charge in [-0.2, -0.15) is 0 Å². The molecule has 0 saturated carbocycles. The molecule has 93 heavy (non-hydrogen) atoms. The van der Waals surface area contributed by atoms with Gasteiger partial charge in [0.15, 0.2) is 61.3 Å². The summed E-state index contributed by atoms with van der Waals surface area (Å²) in [5.74, 6) is 0.786. The van der Waals surface area contributed by atoms with E-state index in [9.17, 15) is 44.7 Å². The van der Waals surface area contributed by atoms with Crippen LogP contribution in [0.2, 0.25) is 0 Å². The molecule has 40 heteroatoms. The number of rotatable bonds is 30. The number of imidazole rings is 4. The Morgan fingerprint density at radius 2 is 0.817 bits per heavy atom. The number of carbonyl (C=O) groups is 4. The first-order valence-electron chi connectivity index (χ1n) is 29.0. The molecular formula is C53H88N21O18P. The van der Waals surface area contributed by atoms with Crippen molar-refractivity contribution in [3.63, 3.8) is 0 Å². The van der Waals surface area contributed by atoms with Crippen molar-refractivity contribution in [2.75, 3.05) is 89.3 Å². The summed E-state index contributed by atoms with van der Waals surface area (Å²) in [6.07, 6.45) is 3.05. The Bertz CT molecular complexity index is 3170. The van der Waals surface area contributed by atoms with E-state index in [0.29, 0.717) is 97.9 Å². The minimum atomic E-state index is -1.13. The van der Waals surface area contributed by atoms with Crippen LogP contribution in [0.5, 0.6) is 0 Å². The van der Waals surface area contributed by atoms with Crippen LogP contribution >= 0.6 is 9.39 Å². The second kappa shape index (κ2) is 37.5. The van der Waals surface area contributed by atoms with E-state index in [1.165, 1.54) is 20.8 Å². The number of nitrogens with one attached hydrogen (secondary N) is 5. The largest absolute Gasteiger partial charge is 0.466 e. The van der Waals surface area contributed by atoms with Crippen molar-refractivity contribution >= 4 is 80.4 Å². The molecule has 0 aliphatic carbocycles. The van der Waals surface area contributed by atoms with Gasteiger partial charge in [-0.25, -0.2) is 39.9 Å². The number of anilines is 4. The zero-order valence-corrected chi connectivity index (χ0v) is 54.1. The highest BCUT2D eigenvalue weighted by Crippen LogP contribution is 2.31. The number of nitrogens with two attached hydrogens (primary N) is 4. The normalized spacial score (nSPS) is 18.3. The molecule has 4 aromatic heterocycles. The lowest BCUT2D eigenvalue weighted by Gasteiger charge is -2.24. The highest BCUT2D eigenvalue weighted by molar-refractivity contribution is 7.13. The van der Waals surface area contributed by atoms with Crippen LogP contribution < -0.4 is 49.3 Å². The molecule has 5 unspecified atom stereocenters. The summed E-state index contributed by atoms with van der Waals surface area (Å²) in [6.45, 7) is 8.24. The van der Waals surface area contributed by atoms with Crippen molar-refractivity contribution in [3.8, 4) is 0 Å². The van der Waals surface area contributed by atoms with E-state index < -0.39 is 43.2 Å². The Kier molecular flexibility index (Phi) is 30.4. The first kappa shape index (κ1) is 75.5. The van der Waals surface area contributed by atoms with Gasteiger partial charge in [0.05, 0.1) is 51.7 Å². The quantitative estimate of drug-likeness (QED) is 0.0113. The van der Waals surface area contributed by atoms with E-state index in [1.807, 2.05) is 0 Å². The van der Waals surface area contributed by atoms with Crippen LogP contribution in [0.4, 0.5) is 23.3 Å². The minimum absolute atomic E-state index is 0.0114. The van der Waals surface area contributed by atoms with Crippen LogP contribution in [-0.4, -0.2) is 203 Å². The number of ether oxygens (including phenoxy) is 8. The third kappa shape index (κ3) is 23.1. The number of aliphatic hydroxyl groups excluding tert-OH is 6. The van der Waals surface area contributed by atoms with Crippen molar-refractivity contribution in [2.24, 2.45) is 66.6 Å². The van der Waals surface area contributed by atoms with E-state index in [0.717, 1.165) is 0 Å². The summed E-state index contributed by atoms with van der Waals surface area (Å²) in [6, 6.07) is -0.435. The van der Waals surface area contributed by atoms with Crippen molar-refractivity contribution in [2.45, 2.75) is 123 Å². The fourth-order valence-corrected chi connectivity index (χ4v) is 9.46. The molecule has 0 amide bonds. The number of esters is 4. The Morgan fingerprint density at radius 3 is 1.12 bits per heavy atom. The van der Waals surface area contributed by atoms with E-state index in [4.69, 9.17) is 65.9 Å². The molecule has 0 saturated heterocycles. The number of hydrogen-bond donors (Lipinski definition) is 15. The number of hydrogen-bond acceptors (Lipinski definition) is 35. The molecule has 0 radical (unpaired) electrons.